The number of halogens is 2. The van der Waals surface area contributed by atoms with Crippen molar-refractivity contribution in [2.75, 3.05) is 36.4 Å². The van der Waals surface area contributed by atoms with E-state index in [1.54, 1.807) is 36.2 Å². The Morgan fingerprint density at radius 2 is 1.65 bits per heavy atom. The number of nitrogens with one attached hydrogen (secondary N) is 1. The number of rotatable bonds is 3. The molecule has 7 nitrogen and oxygen atoms in total. The zero-order chi connectivity index (χ0) is 18.7. The molecule has 1 aliphatic rings. The lowest BCUT2D eigenvalue weighted by atomic mass is 10.3. The molecule has 0 unspecified atom stereocenters. The predicted octanol–water partition coefficient (Wildman–Crippen LogP) is 2.70. The van der Waals surface area contributed by atoms with Crippen LogP contribution in [0.1, 0.15) is 17.4 Å². The summed E-state index contributed by atoms with van der Waals surface area (Å²) in [6.07, 6.45) is 2.98. The molecule has 2 amide bonds. The summed E-state index contributed by atoms with van der Waals surface area (Å²) < 4.78 is 0. The lowest BCUT2D eigenvalue weighted by Gasteiger charge is -2.34. The Labute approximate surface area is 160 Å². The summed E-state index contributed by atoms with van der Waals surface area (Å²) in [6, 6.07) is 4.78. The number of hydrogen-bond acceptors (Lipinski definition) is 5. The Kier molecular flexibility index (Phi) is 5.58. The second-order valence-electron chi connectivity index (χ2n) is 5.87. The molecule has 3 rings (SSSR count). The van der Waals surface area contributed by atoms with Crippen molar-refractivity contribution in [1.82, 2.24) is 14.9 Å². The third-order valence-corrected chi connectivity index (χ3v) is 4.48. The standard InChI is InChI=1S/C17H17Cl2N5O2/c1-11(25)23-2-4-24(5-3-23)16-10-20-15(9-21-16)17(26)22-14-7-12(18)6-13(19)8-14/h6-10H,2-5H2,1H3,(H,22,26). The maximum absolute atomic E-state index is 12.3. The number of carbonyl (C=O) groups is 2. The van der Waals surface area contributed by atoms with Crippen molar-refractivity contribution in [2.24, 2.45) is 0 Å². The van der Waals surface area contributed by atoms with E-state index in [2.05, 4.69) is 15.3 Å². The van der Waals surface area contributed by atoms with Gasteiger partial charge in [0.25, 0.3) is 5.91 Å². The lowest BCUT2D eigenvalue weighted by Crippen LogP contribution is -2.48. The van der Waals surface area contributed by atoms with Crippen molar-refractivity contribution in [3.8, 4) is 0 Å². The normalized spacial score (nSPS) is 14.3. The van der Waals surface area contributed by atoms with Gasteiger partial charge in [-0.25, -0.2) is 9.97 Å². The molecule has 9 heteroatoms. The Balaban J connectivity index is 1.64. The molecule has 136 valence electrons. The van der Waals surface area contributed by atoms with Gasteiger partial charge in [-0.15, -0.1) is 0 Å². The molecule has 0 radical (unpaired) electrons. The number of nitrogens with zero attached hydrogens (tertiary/aromatic N) is 4. The van der Waals surface area contributed by atoms with E-state index in [0.717, 1.165) is 0 Å². The van der Waals surface area contributed by atoms with Crippen LogP contribution in [0.25, 0.3) is 0 Å². The fourth-order valence-corrected chi connectivity index (χ4v) is 3.20. The summed E-state index contributed by atoms with van der Waals surface area (Å²) in [5.74, 6) is 0.350. The van der Waals surface area contributed by atoms with Crippen LogP contribution in [0.15, 0.2) is 30.6 Å². The van der Waals surface area contributed by atoms with Gasteiger partial charge in [0.1, 0.15) is 11.5 Å². The highest BCUT2D eigenvalue weighted by molar-refractivity contribution is 6.35. The van der Waals surface area contributed by atoms with Gasteiger partial charge in [0.2, 0.25) is 5.91 Å². The number of carbonyl (C=O) groups excluding carboxylic acids is 2. The van der Waals surface area contributed by atoms with E-state index >= 15 is 0 Å². The van der Waals surface area contributed by atoms with Crippen molar-refractivity contribution >= 4 is 46.5 Å². The highest BCUT2D eigenvalue weighted by Gasteiger charge is 2.20. The summed E-state index contributed by atoms with van der Waals surface area (Å²) in [5, 5.41) is 3.55. The second kappa shape index (κ2) is 7.88. The van der Waals surface area contributed by atoms with Gasteiger partial charge in [0, 0.05) is 48.8 Å². The average Bonchev–Trinajstić information content (AvgIpc) is 2.61. The molecular formula is C17H17Cl2N5O2. The van der Waals surface area contributed by atoms with Crippen LogP contribution < -0.4 is 10.2 Å². The van der Waals surface area contributed by atoms with Gasteiger partial charge in [0.15, 0.2) is 0 Å². The zero-order valence-electron chi connectivity index (χ0n) is 14.1. The van der Waals surface area contributed by atoms with Crippen LogP contribution in [0, 0.1) is 0 Å². The first-order valence-electron chi connectivity index (χ1n) is 8.02. The number of benzene rings is 1. The minimum atomic E-state index is -0.399. The largest absolute Gasteiger partial charge is 0.352 e. The highest BCUT2D eigenvalue weighted by atomic mass is 35.5. The first-order chi connectivity index (χ1) is 12.4. The molecule has 2 aromatic rings. The summed E-state index contributed by atoms with van der Waals surface area (Å²) in [7, 11) is 0. The van der Waals surface area contributed by atoms with Gasteiger partial charge in [-0.05, 0) is 18.2 Å². The van der Waals surface area contributed by atoms with Gasteiger partial charge >= 0.3 is 0 Å². The molecule has 2 heterocycles. The Hall–Kier alpha value is -2.38. The first kappa shape index (κ1) is 18.4. The van der Waals surface area contributed by atoms with E-state index in [-0.39, 0.29) is 11.6 Å². The van der Waals surface area contributed by atoms with Crippen LogP contribution in [0.3, 0.4) is 0 Å². The fourth-order valence-electron chi connectivity index (χ4n) is 2.67. The van der Waals surface area contributed by atoms with Gasteiger partial charge in [-0.1, -0.05) is 23.2 Å². The third kappa shape index (κ3) is 4.42. The topological polar surface area (TPSA) is 78.4 Å². The molecule has 1 aromatic heterocycles. The molecule has 26 heavy (non-hydrogen) atoms. The molecule has 1 fully saturated rings. The summed E-state index contributed by atoms with van der Waals surface area (Å²) in [4.78, 5) is 36.0. The Morgan fingerprint density at radius 1 is 1.00 bits per heavy atom. The van der Waals surface area contributed by atoms with Crippen LogP contribution >= 0.6 is 23.2 Å². The van der Waals surface area contributed by atoms with Gasteiger partial charge in [-0.2, -0.15) is 0 Å². The predicted molar refractivity (Wildman–Crippen MR) is 101 cm³/mol. The van der Waals surface area contributed by atoms with Crippen molar-refractivity contribution in [1.29, 1.82) is 0 Å². The minimum Gasteiger partial charge on any atom is -0.352 e. The van der Waals surface area contributed by atoms with Gasteiger partial charge in [0.05, 0.1) is 12.4 Å². The first-order valence-corrected chi connectivity index (χ1v) is 8.78. The quantitative estimate of drug-likeness (QED) is 0.866. The molecule has 0 aliphatic carbocycles. The maximum atomic E-state index is 12.3. The van der Waals surface area contributed by atoms with E-state index in [4.69, 9.17) is 23.2 Å². The number of hydrogen-bond donors (Lipinski definition) is 1. The van der Waals surface area contributed by atoms with Crippen molar-refractivity contribution in [3.63, 3.8) is 0 Å². The van der Waals surface area contributed by atoms with E-state index in [0.29, 0.717) is 47.7 Å². The molecular weight excluding hydrogens is 377 g/mol. The number of amides is 2. The molecule has 1 N–H and O–H groups in total. The second-order valence-corrected chi connectivity index (χ2v) is 6.74. The van der Waals surface area contributed by atoms with Crippen LogP contribution in [0.2, 0.25) is 10.0 Å². The SMILES string of the molecule is CC(=O)N1CCN(c2cnc(C(=O)Nc3cc(Cl)cc(Cl)c3)cn2)CC1. The molecule has 1 aromatic carbocycles. The molecule has 0 saturated carbocycles. The van der Waals surface area contributed by atoms with Crippen LogP contribution in [-0.4, -0.2) is 52.9 Å². The van der Waals surface area contributed by atoms with Crippen molar-refractivity contribution in [2.45, 2.75) is 6.92 Å². The van der Waals surface area contributed by atoms with E-state index in [1.807, 2.05) is 4.90 Å². The minimum absolute atomic E-state index is 0.0730. The monoisotopic (exact) mass is 393 g/mol. The zero-order valence-corrected chi connectivity index (χ0v) is 15.6. The van der Waals surface area contributed by atoms with E-state index < -0.39 is 5.91 Å². The number of aromatic nitrogens is 2. The van der Waals surface area contributed by atoms with Gasteiger partial charge < -0.3 is 15.1 Å². The maximum Gasteiger partial charge on any atom is 0.275 e. The number of anilines is 2. The summed E-state index contributed by atoms with van der Waals surface area (Å²) in [6.45, 7) is 4.22. The van der Waals surface area contributed by atoms with E-state index in [9.17, 15) is 9.59 Å². The third-order valence-electron chi connectivity index (χ3n) is 4.04. The lowest BCUT2D eigenvalue weighted by molar-refractivity contribution is -0.129. The fraction of sp³-hybridized carbons (Fsp3) is 0.294. The van der Waals surface area contributed by atoms with Crippen LogP contribution in [0.5, 0.6) is 0 Å². The smallest absolute Gasteiger partial charge is 0.275 e. The molecule has 0 atom stereocenters. The van der Waals surface area contributed by atoms with Gasteiger partial charge in [-0.3, -0.25) is 9.59 Å². The molecule has 0 spiro atoms. The number of piperazine rings is 1. The van der Waals surface area contributed by atoms with Crippen molar-refractivity contribution in [3.05, 3.63) is 46.3 Å². The average molecular weight is 394 g/mol. The van der Waals surface area contributed by atoms with Crippen LogP contribution in [0.4, 0.5) is 11.5 Å². The van der Waals surface area contributed by atoms with Crippen LogP contribution in [-0.2, 0) is 4.79 Å². The summed E-state index contributed by atoms with van der Waals surface area (Å²) >= 11 is 11.8. The van der Waals surface area contributed by atoms with E-state index in [1.165, 1.54) is 6.20 Å². The Morgan fingerprint density at radius 3 is 2.19 bits per heavy atom. The Bertz CT molecular complexity index is 800. The molecule has 1 aliphatic heterocycles. The molecule has 0 bridgehead atoms. The highest BCUT2D eigenvalue weighted by Crippen LogP contribution is 2.23. The van der Waals surface area contributed by atoms with Crippen molar-refractivity contribution < 1.29 is 9.59 Å². The molecule has 1 saturated heterocycles. The summed E-state index contributed by atoms with van der Waals surface area (Å²) in [5.41, 5.74) is 0.672.